The van der Waals surface area contributed by atoms with Gasteiger partial charge in [0.15, 0.2) is 0 Å². The predicted molar refractivity (Wildman–Crippen MR) is 86.9 cm³/mol. The van der Waals surface area contributed by atoms with Crippen LogP contribution in [-0.4, -0.2) is 35.7 Å². The molecule has 0 aromatic heterocycles. The lowest BCUT2D eigenvalue weighted by molar-refractivity contribution is -0.163. The Bertz CT molecular complexity index is 598. The summed E-state index contributed by atoms with van der Waals surface area (Å²) in [7, 11) is 0. The molecule has 0 bridgehead atoms. The van der Waals surface area contributed by atoms with Gasteiger partial charge >= 0.3 is 12.1 Å². The highest BCUT2D eigenvalue weighted by molar-refractivity contribution is 5.69. The number of hydrogen-bond acceptors (Lipinski definition) is 4. The number of hydrogen-bond donors (Lipinski definition) is 0. The van der Waals surface area contributed by atoms with Gasteiger partial charge in [-0.05, 0) is 38.5 Å². The lowest BCUT2D eigenvalue weighted by atomic mass is 9.84. The zero-order chi connectivity index (χ0) is 18.0. The van der Waals surface area contributed by atoms with Crippen molar-refractivity contribution in [1.82, 2.24) is 4.90 Å². The van der Waals surface area contributed by atoms with Gasteiger partial charge in [0.25, 0.3) is 0 Å². The zero-order valence-corrected chi connectivity index (χ0v) is 14.6. The van der Waals surface area contributed by atoms with Gasteiger partial charge < -0.3 is 14.4 Å². The summed E-state index contributed by atoms with van der Waals surface area (Å²) in [6, 6.07) is 5.95. The molecule has 0 aliphatic carbocycles. The van der Waals surface area contributed by atoms with Crippen LogP contribution in [0.15, 0.2) is 24.3 Å². The van der Waals surface area contributed by atoms with Gasteiger partial charge in [0.2, 0.25) is 0 Å². The van der Waals surface area contributed by atoms with E-state index >= 15 is 0 Å². The second kappa shape index (κ2) is 6.79. The number of esters is 1. The van der Waals surface area contributed by atoms with Gasteiger partial charge in [0, 0.05) is 32.9 Å². The Morgan fingerprint density at radius 1 is 1.12 bits per heavy atom. The molecule has 6 heteroatoms. The van der Waals surface area contributed by atoms with Crippen LogP contribution in [-0.2, 0) is 19.9 Å². The molecule has 1 fully saturated rings. The minimum atomic E-state index is -0.835. The van der Waals surface area contributed by atoms with Crippen molar-refractivity contribution >= 4 is 12.1 Å². The second-order valence-electron chi connectivity index (χ2n) is 7.06. The maximum absolute atomic E-state index is 13.2. The summed E-state index contributed by atoms with van der Waals surface area (Å²) in [4.78, 5) is 25.3. The maximum Gasteiger partial charge on any atom is 0.410 e. The molecule has 1 aliphatic heterocycles. The highest BCUT2D eigenvalue weighted by Gasteiger charge is 2.41. The summed E-state index contributed by atoms with van der Waals surface area (Å²) in [6.07, 6.45) is 0.507. The topological polar surface area (TPSA) is 55.8 Å². The van der Waals surface area contributed by atoms with Crippen molar-refractivity contribution in [1.29, 1.82) is 0 Å². The van der Waals surface area contributed by atoms with Gasteiger partial charge in [-0.25, -0.2) is 9.18 Å². The molecule has 0 saturated carbocycles. The van der Waals surface area contributed by atoms with Gasteiger partial charge in [-0.15, -0.1) is 0 Å². The molecule has 0 spiro atoms. The third kappa shape index (κ3) is 4.46. The van der Waals surface area contributed by atoms with E-state index < -0.39 is 17.2 Å². The number of halogens is 1. The molecule has 5 nitrogen and oxygen atoms in total. The van der Waals surface area contributed by atoms with Gasteiger partial charge in [-0.1, -0.05) is 12.1 Å². The third-order valence-electron chi connectivity index (χ3n) is 3.93. The molecule has 132 valence electrons. The van der Waals surface area contributed by atoms with E-state index in [1.807, 2.05) is 20.8 Å². The summed E-state index contributed by atoms with van der Waals surface area (Å²) in [5, 5.41) is 0. The predicted octanol–water partition coefficient (Wildman–Crippen LogP) is 3.62. The average Bonchev–Trinajstić information content (AvgIpc) is 2.46. The zero-order valence-electron chi connectivity index (χ0n) is 14.6. The van der Waals surface area contributed by atoms with E-state index in [1.54, 1.807) is 17.0 Å². The van der Waals surface area contributed by atoms with Crippen molar-refractivity contribution in [3.8, 4) is 0 Å². The molecular formula is C18H24FNO4. The summed E-state index contributed by atoms with van der Waals surface area (Å²) in [5.41, 5.74) is -0.654. The summed E-state index contributed by atoms with van der Waals surface area (Å²) in [6.45, 7) is 7.61. The molecule has 2 rings (SSSR count). The van der Waals surface area contributed by atoms with Crippen molar-refractivity contribution < 1.29 is 23.5 Å². The van der Waals surface area contributed by atoms with E-state index in [2.05, 4.69) is 0 Å². The van der Waals surface area contributed by atoms with Crippen LogP contribution in [0.5, 0.6) is 0 Å². The average molecular weight is 337 g/mol. The van der Waals surface area contributed by atoms with Crippen LogP contribution in [0.4, 0.5) is 9.18 Å². The van der Waals surface area contributed by atoms with Crippen LogP contribution >= 0.6 is 0 Å². The first-order valence-electron chi connectivity index (χ1n) is 8.05. The van der Waals surface area contributed by atoms with Crippen molar-refractivity contribution in [3.05, 3.63) is 35.6 Å². The van der Waals surface area contributed by atoms with Crippen molar-refractivity contribution in [2.75, 3.05) is 13.1 Å². The first kappa shape index (κ1) is 18.2. The number of likely N-dealkylation sites (tertiary alicyclic amines) is 1. The normalized spacial score (nSPS) is 17.3. The minimum Gasteiger partial charge on any atom is -0.454 e. The number of piperidine rings is 1. The Balaban J connectivity index is 2.14. The largest absolute Gasteiger partial charge is 0.454 e. The SMILES string of the molecule is CC(=O)OC1(c2ccc(F)cc2)CCN(C(=O)OC(C)(C)C)CC1. The number of ether oxygens (including phenoxy) is 2. The number of benzene rings is 1. The van der Waals surface area contributed by atoms with E-state index in [1.165, 1.54) is 19.1 Å². The van der Waals surface area contributed by atoms with Crippen LogP contribution in [0.3, 0.4) is 0 Å². The third-order valence-corrected chi connectivity index (χ3v) is 3.93. The fraction of sp³-hybridized carbons (Fsp3) is 0.556. The van der Waals surface area contributed by atoms with Crippen molar-refractivity contribution in [3.63, 3.8) is 0 Å². The summed E-state index contributed by atoms with van der Waals surface area (Å²) >= 11 is 0. The van der Waals surface area contributed by atoms with E-state index in [0.29, 0.717) is 25.9 Å². The minimum absolute atomic E-state index is 0.345. The number of carbonyl (C=O) groups is 2. The fourth-order valence-electron chi connectivity index (χ4n) is 2.86. The van der Waals surface area contributed by atoms with Crippen LogP contribution in [0.1, 0.15) is 46.1 Å². The van der Waals surface area contributed by atoms with E-state index in [4.69, 9.17) is 9.47 Å². The Labute approximate surface area is 141 Å². The van der Waals surface area contributed by atoms with Gasteiger partial charge in [-0.3, -0.25) is 4.79 Å². The van der Waals surface area contributed by atoms with Gasteiger partial charge in [0.1, 0.15) is 17.0 Å². The van der Waals surface area contributed by atoms with E-state index in [9.17, 15) is 14.0 Å². The number of nitrogens with zero attached hydrogens (tertiary/aromatic N) is 1. The molecule has 0 unspecified atom stereocenters. The summed E-state index contributed by atoms with van der Waals surface area (Å²) in [5.74, 6) is -0.743. The Morgan fingerprint density at radius 3 is 2.12 bits per heavy atom. The molecule has 0 N–H and O–H groups in total. The van der Waals surface area contributed by atoms with E-state index in [-0.39, 0.29) is 11.9 Å². The fourth-order valence-corrected chi connectivity index (χ4v) is 2.86. The molecule has 1 amide bonds. The van der Waals surface area contributed by atoms with Crippen molar-refractivity contribution in [2.24, 2.45) is 0 Å². The monoisotopic (exact) mass is 337 g/mol. The number of rotatable bonds is 2. The van der Waals surface area contributed by atoms with Gasteiger partial charge in [0.05, 0.1) is 0 Å². The molecule has 1 aromatic carbocycles. The first-order chi connectivity index (χ1) is 11.1. The Kier molecular flexibility index (Phi) is 5.16. The Hall–Kier alpha value is -2.11. The molecule has 1 saturated heterocycles. The standard InChI is InChI=1S/C18H24FNO4/c1-13(21)23-18(14-5-7-15(19)8-6-14)9-11-20(12-10-18)16(22)24-17(2,3)4/h5-8H,9-12H2,1-4H3. The van der Waals surface area contributed by atoms with Crippen LogP contribution in [0, 0.1) is 5.82 Å². The smallest absolute Gasteiger partial charge is 0.410 e. The summed E-state index contributed by atoms with van der Waals surface area (Å²) < 4.78 is 24.2. The Morgan fingerprint density at radius 2 is 1.67 bits per heavy atom. The molecular weight excluding hydrogens is 313 g/mol. The number of carbonyl (C=O) groups excluding carboxylic acids is 2. The van der Waals surface area contributed by atoms with Gasteiger partial charge in [-0.2, -0.15) is 0 Å². The molecule has 1 aliphatic rings. The van der Waals surface area contributed by atoms with Crippen LogP contribution < -0.4 is 0 Å². The molecule has 1 aromatic rings. The molecule has 24 heavy (non-hydrogen) atoms. The lowest BCUT2D eigenvalue weighted by Gasteiger charge is -2.41. The van der Waals surface area contributed by atoms with Crippen molar-refractivity contribution in [2.45, 2.75) is 51.7 Å². The highest BCUT2D eigenvalue weighted by atomic mass is 19.1. The molecule has 0 atom stereocenters. The second-order valence-corrected chi connectivity index (χ2v) is 7.06. The number of amides is 1. The quantitative estimate of drug-likeness (QED) is 0.774. The van der Waals surface area contributed by atoms with Crippen LogP contribution in [0.2, 0.25) is 0 Å². The van der Waals surface area contributed by atoms with E-state index in [0.717, 1.165) is 5.56 Å². The first-order valence-corrected chi connectivity index (χ1v) is 8.05. The highest BCUT2D eigenvalue weighted by Crippen LogP contribution is 2.37. The lowest BCUT2D eigenvalue weighted by Crippen LogP contribution is -2.48. The van der Waals surface area contributed by atoms with Crippen LogP contribution in [0.25, 0.3) is 0 Å². The molecule has 1 heterocycles. The molecule has 0 radical (unpaired) electrons. The maximum atomic E-state index is 13.2.